The standard InChI is InChI=1S/C15H20N4O2S/c1-3-11-8-12-14(21)16-13(17-15(12)22-11)9-18-4-6-19(7-5-18)10(2)20/h8H,3-7,9H2,1-2H3,(H,16,17,21). The summed E-state index contributed by atoms with van der Waals surface area (Å²) >= 11 is 1.59. The maximum absolute atomic E-state index is 12.2. The highest BCUT2D eigenvalue weighted by molar-refractivity contribution is 7.18. The Balaban J connectivity index is 1.74. The van der Waals surface area contributed by atoms with Gasteiger partial charge in [0.25, 0.3) is 5.56 Å². The molecule has 2 aromatic heterocycles. The third kappa shape index (κ3) is 3.05. The SMILES string of the molecule is CCc1cc2c(=O)[nH]c(CN3CCN(C(C)=O)CC3)nc2s1. The molecule has 0 atom stereocenters. The molecule has 1 aliphatic rings. The predicted octanol–water partition coefficient (Wildman–Crippen LogP) is 1.21. The second-order valence-corrected chi connectivity index (χ2v) is 6.70. The fraction of sp³-hybridized carbons (Fsp3) is 0.533. The van der Waals surface area contributed by atoms with Crippen LogP contribution in [0.15, 0.2) is 10.9 Å². The van der Waals surface area contributed by atoms with Crippen molar-refractivity contribution >= 4 is 27.5 Å². The highest BCUT2D eigenvalue weighted by atomic mass is 32.1. The van der Waals surface area contributed by atoms with Crippen molar-refractivity contribution < 1.29 is 4.79 Å². The van der Waals surface area contributed by atoms with E-state index in [4.69, 9.17) is 0 Å². The molecule has 7 heteroatoms. The molecule has 2 aromatic rings. The first-order chi connectivity index (χ1) is 10.6. The average molecular weight is 320 g/mol. The van der Waals surface area contributed by atoms with E-state index < -0.39 is 0 Å². The van der Waals surface area contributed by atoms with E-state index in [2.05, 4.69) is 21.8 Å². The number of nitrogens with zero attached hydrogens (tertiary/aromatic N) is 3. The van der Waals surface area contributed by atoms with Crippen LogP contribution in [0.2, 0.25) is 0 Å². The lowest BCUT2D eigenvalue weighted by atomic mass is 10.3. The van der Waals surface area contributed by atoms with Crippen molar-refractivity contribution in [1.29, 1.82) is 0 Å². The van der Waals surface area contributed by atoms with Crippen LogP contribution in [0, 0.1) is 0 Å². The van der Waals surface area contributed by atoms with Gasteiger partial charge in [-0.05, 0) is 12.5 Å². The highest BCUT2D eigenvalue weighted by Crippen LogP contribution is 2.21. The minimum absolute atomic E-state index is 0.0571. The Labute approximate surface area is 132 Å². The van der Waals surface area contributed by atoms with Crippen LogP contribution in [0.25, 0.3) is 10.2 Å². The summed E-state index contributed by atoms with van der Waals surface area (Å²) in [4.78, 5) is 37.0. The molecule has 3 rings (SSSR count). The van der Waals surface area contributed by atoms with Crippen LogP contribution in [0.5, 0.6) is 0 Å². The topological polar surface area (TPSA) is 69.3 Å². The Morgan fingerprint density at radius 1 is 1.36 bits per heavy atom. The number of hydrogen-bond donors (Lipinski definition) is 1. The highest BCUT2D eigenvalue weighted by Gasteiger charge is 2.19. The van der Waals surface area contributed by atoms with Gasteiger partial charge in [0.2, 0.25) is 5.91 Å². The van der Waals surface area contributed by atoms with Gasteiger partial charge in [0.05, 0.1) is 11.9 Å². The van der Waals surface area contributed by atoms with Gasteiger partial charge >= 0.3 is 0 Å². The minimum atomic E-state index is -0.0571. The summed E-state index contributed by atoms with van der Waals surface area (Å²) in [6.07, 6.45) is 0.919. The quantitative estimate of drug-likeness (QED) is 0.923. The molecule has 0 bridgehead atoms. The molecule has 0 aromatic carbocycles. The number of nitrogens with one attached hydrogen (secondary N) is 1. The lowest BCUT2D eigenvalue weighted by molar-refractivity contribution is -0.130. The van der Waals surface area contributed by atoms with Crippen LogP contribution >= 0.6 is 11.3 Å². The maximum Gasteiger partial charge on any atom is 0.259 e. The molecule has 0 aliphatic carbocycles. The summed E-state index contributed by atoms with van der Waals surface area (Å²) in [5, 5.41) is 0.687. The molecule has 3 heterocycles. The number of aromatic nitrogens is 2. The van der Waals surface area contributed by atoms with Crippen LogP contribution in [-0.4, -0.2) is 51.9 Å². The first kappa shape index (κ1) is 15.2. The van der Waals surface area contributed by atoms with Crippen molar-refractivity contribution in [2.75, 3.05) is 26.2 Å². The molecule has 0 unspecified atom stereocenters. The first-order valence-electron chi connectivity index (χ1n) is 7.56. The van der Waals surface area contributed by atoms with Gasteiger partial charge in [0, 0.05) is 38.0 Å². The Morgan fingerprint density at radius 2 is 2.09 bits per heavy atom. The van der Waals surface area contributed by atoms with Crippen LogP contribution in [0.1, 0.15) is 24.5 Å². The van der Waals surface area contributed by atoms with E-state index in [9.17, 15) is 9.59 Å². The lowest BCUT2D eigenvalue weighted by Crippen LogP contribution is -2.47. The van der Waals surface area contributed by atoms with Gasteiger partial charge in [-0.25, -0.2) is 4.98 Å². The summed E-state index contributed by atoms with van der Waals surface area (Å²) in [6.45, 7) is 7.40. The zero-order valence-electron chi connectivity index (χ0n) is 12.9. The van der Waals surface area contributed by atoms with Crippen LogP contribution in [0.4, 0.5) is 0 Å². The van der Waals surface area contributed by atoms with E-state index in [1.165, 1.54) is 4.88 Å². The van der Waals surface area contributed by atoms with Gasteiger partial charge < -0.3 is 9.88 Å². The molecule has 6 nitrogen and oxygen atoms in total. The van der Waals surface area contributed by atoms with E-state index in [0.29, 0.717) is 17.8 Å². The van der Waals surface area contributed by atoms with Crippen LogP contribution in [0.3, 0.4) is 0 Å². The van der Waals surface area contributed by atoms with Gasteiger partial charge in [0.1, 0.15) is 10.7 Å². The monoisotopic (exact) mass is 320 g/mol. The summed E-state index contributed by atoms with van der Waals surface area (Å²) < 4.78 is 0. The molecule has 22 heavy (non-hydrogen) atoms. The van der Waals surface area contributed by atoms with Gasteiger partial charge in [-0.15, -0.1) is 11.3 Å². The van der Waals surface area contributed by atoms with Gasteiger partial charge in [-0.2, -0.15) is 0 Å². The second kappa shape index (κ2) is 6.18. The van der Waals surface area contributed by atoms with Crippen molar-refractivity contribution in [3.63, 3.8) is 0 Å². The number of fused-ring (bicyclic) bond motifs is 1. The summed E-state index contributed by atoms with van der Waals surface area (Å²) in [5.41, 5.74) is -0.0571. The third-order valence-electron chi connectivity index (χ3n) is 4.04. The molecular weight excluding hydrogens is 300 g/mol. The number of piperazine rings is 1. The molecular formula is C15H20N4O2S. The van der Waals surface area contributed by atoms with E-state index in [-0.39, 0.29) is 11.5 Å². The third-order valence-corrected chi connectivity index (χ3v) is 5.22. The Kier molecular flexibility index (Phi) is 4.26. The number of thiophene rings is 1. The molecule has 118 valence electrons. The zero-order valence-corrected chi connectivity index (χ0v) is 13.7. The largest absolute Gasteiger partial charge is 0.340 e. The number of H-pyrrole nitrogens is 1. The minimum Gasteiger partial charge on any atom is -0.340 e. The van der Waals surface area contributed by atoms with E-state index in [1.807, 2.05) is 11.0 Å². The smallest absolute Gasteiger partial charge is 0.259 e. The molecule has 1 aliphatic heterocycles. The summed E-state index contributed by atoms with van der Waals surface area (Å²) in [5.74, 6) is 0.830. The normalized spacial score (nSPS) is 16.4. The number of amides is 1. The predicted molar refractivity (Wildman–Crippen MR) is 87.1 cm³/mol. The Morgan fingerprint density at radius 3 is 2.73 bits per heavy atom. The first-order valence-corrected chi connectivity index (χ1v) is 8.38. The van der Waals surface area contributed by atoms with E-state index >= 15 is 0 Å². The lowest BCUT2D eigenvalue weighted by Gasteiger charge is -2.33. The van der Waals surface area contributed by atoms with E-state index in [1.54, 1.807) is 18.3 Å². The molecule has 0 saturated carbocycles. The maximum atomic E-state index is 12.2. The van der Waals surface area contributed by atoms with Crippen molar-refractivity contribution in [2.45, 2.75) is 26.8 Å². The summed E-state index contributed by atoms with van der Waals surface area (Å²) in [7, 11) is 0. The molecule has 1 saturated heterocycles. The van der Waals surface area contributed by atoms with Gasteiger partial charge in [-0.1, -0.05) is 6.92 Å². The fourth-order valence-corrected chi connectivity index (χ4v) is 3.69. The van der Waals surface area contributed by atoms with Crippen molar-refractivity contribution in [1.82, 2.24) is 19.8 Å². The molecule has 0 radical (unpaired) electrons. The number of carbonyl (C=O) groups is 1. The molecule has 1 fully saturated rings. The number of aryl methyl sites for hydroxylation is 1. The Hall–Kier alpha value is -1.73. The Bertz CT molecular complexity index is 744. The second-order valence-electron chi connectivity index (χ2n) is 5.58. The number of aromatic amines is 1. The van der Waals surface area contributed by atoms with Crippen LogP contribution < -0.4 is 5.56 Å². The van der Waals surface area contributed by atoms with Crippen molar-refractivity contribution in [2.24, 2.45) is 0 Å². The summed E-state index contributed by atoms with van der Waals surface area (Å²) in [6, 6.07) is 1.93. The molecule has 0 spiro atoms. The molecule has 1 N–H and O–H groups in total. The fourth-order valence-electron chi connectivity index (χ4n) is 2.71. The number of hydrogen-bond acceptors (Lipinski definition) is 5. The number of carbonyl (C=O) groups excluding carboxylic acids is 1. The number of rotatable bonds is 3. The van der Waals surface area contributed by atoms with Crippen molar-refractivity contribution in [3.8, 4) is 0 Å². The van der Waals surface area contributed by atoms with Crippen LogP contribution in [-0.2, 0) is 17.8 Å². The van der Waals surface area contributed by atoms with E-state index in [0.717, 1.165) is 37.4 Å². The zero-order chi connectivity index (χ0) is 15.7. The van der Waals surface area contributed by atoms with Gasteiger partial charge in [-0.3, -0.25) is 14.5 Å². The average Bonchev–Trinajstić information content (AvgIpc) is 2.91. The molecule has 1 amide bonds. The van der Waals surface area contributed by atoms with Gasteiger partial charge in [0.15, 0.2) is 0 Å². The van der Waals surface area contributed by atoms with Crippen molar-refractivity contribution in [3.05, 3.63) is 27.1 Å².